The third-order valence-electron chi connectivity index (χ3n) is 2.26. The van der Waals surface area contributed by atoms with E-state index in [9.17, 15) is 0 Å². The van der Waals surface area contributed by atoms with E-state index in [1.54, 1.807) is 6.20 Å². The van der Waals surface area contributed by atoms with Gasteiger partial charge in [0.2, 0.25) is 0 Å². The highest BCUT2D eigenvalue weighted by Gasteiger charge is 1.91. The maximum Gasteiger partial charge on any atom is 0.0489 e. The standard InChI is InChI=1S/C7H16.C6H10N2/c1-3-5-7-6-4-2;1-6(2)8-5-3-4-7-8/h3-7H2,1-2H3;3-6H,1-2H3. The summed E-state index contributed by atoms with van der Waals surface area (Å²) in [4.78, 5) is 0. The molecule has 0 spiro atoms. The lowest BCUT2D eigenvalue weighted by atomic mass is 10.2. The van der Waals surface area contributed by atoms with Crippen LogP contribution in [0.25, 0.3) is 0 Å². The highest BCUT2D eigenvalue weighted by atomic mass is 15.3. The van der Waals surface area contributed by atoms with Gasteiger partial charge in [0.1, 0.15) is 0 Å². The number of aromatic nitrogens is 2. The fourth-order valence-corrected chi connectivity index (χ4v) is 1.26. The minimum absolute atomic E-state index is 0.491. The van der Waals surface area contributed by atoms with Crippen LogP contribution in [0, 0.1) is 0 Å². The average molecular weight is 210 g/mol. The second kappa shape index (κ2) is 9.75. The molecular weight excluding hydrogens is 184 g/mol. The Kier molecular flexibility index (Phi) is 9.24. The number of hydrogen-bond acceptors (Lipinski definition) is 1. The monoisotopic (exact) mass is 210 g/mol. The Bertz CT molecular complexity index is 198. The normalized spacial score (nSPS) is 9.93. The van der Waals surface area contributed by atoms with Gasteiger partial charge in [0.25, 0.3) is 0 Å². The van der Waals surface area contributed by atoms with Crippen molar-refractivity contribution in [3.63, 3.8) is 0 Å². The highest BCUT2D eigenvalue weighted by molar-refractivity contribution is 4.79. The van der Waals surface area contributed by atoms with Gasteiger partial charge in [0.15, 0.2) is 0 Å². The molecule has 1 heterocycles. The van der Waals surface area contributed by atoms with E-state index in [2.05, 4.69) is 32.8 Å². The Morgan fingerprint density at radius 3 is 1.93 bits per heavy atom. The van der Waals surface area contributed by atoms with Crippen LogP contribution in [-0.4, -0.2) is 9.78 Å². The molecular formula is C13H26N2. The molecule has 0 radical (unpaired) electrons. The molecule has 0 fully saturated rings. The molecule has 1 rings (SSSR count). The molecule has 0 aliphatic heterocycles. The summed E-state index contributed by atoms with van der Waals surface area (Å²) in [6, 6.07) is 2.42. The van der Waals surface area contributed by atoms with E-state index in [1.165, 1.54) is 32.1 Å². The fourth-order valence-electron chi connectivity index (χ4n) is 1.26. The zero-order chi connectivity index (χ0) is 11.5. The molecule has 0 aliphatic rings. The van der Waals surface area contributed by atoms with Gasteiger partial charge in [0.05, 0.1) is 0 Å². The zero-order valence-electron chi connectivity index (χ0n) is 10.7. The molecule has 1 aromatic rings. The Balaban J connectivity index is 0.000000265. The van der Waals surface area contributed by atoms with E-state index < -0.39 is 0 Å². The zero-order valence-corrected chi connectivity index (χ0v) is 10.7. The predicted molar refractivity (Wildman–Crippen MR) is 67.0 cm³/mol. The third-order valence-corrected chi connectivity index (χ3v) is 2.26. The molecule has 0 atom stereocenters. The van der Waals surface area contributed by atoms with Crippen LogP contribution in [0.2, 0.25) is 0 Å². The lowest BCUT2D eigenvalue weighted by Crippen LogP contribution is -1.99. The van der Waals surface area contributed by atoms with Gasteiger partial charge in [0, 0.05) is 18.4 Å². The van der Waals surface area contributed by atoms with Crippen LogP contribution >= 0.6 is 0 Å². The van der Waals surface area contributed by atoms with Gasteiger partial charge in [-0.15, -0.1) is 0 Å². The number of nitrogens with zero attached hydrogens (tertiary/aromatic N) is 2. The molecule has 88 valence electrons. The van der Waals surface area contributed by atoms with Gasteiger partial charge >= 0.3 is 0 Å². The van der Waals surface area contributed by atoms with E-state index in [0.29, 0.717) is 6.04 Å². The summed E-state index contributed by atoms with van der Waals surface area (Å²) in [5, 5.41) is 4.03. The minimum atomic E-state index is 0.491. The van der Waals surface area contributed by atoms with Gasteiger partial charge in [-0.1, -0.05) is 46.0 Å². The molecule has 0 saturated heterocycles. The molecule has 15 heavy (non-hydrogen) atoms. The quantitative estimate of drug-likeness (QED) is 0.657. The largest absolute Gasteiger partial charge is 0.270 e. The highest BCUT2D eigenvalue weighted by Crippen LogP contribution is 2.00. The lowest BCUT2D eigenvalue weighted by Gasteiger charge is -2.01. The van der Waals surface area contributed by atoms with Crippen LogP contribution in [0.15, 0.2) is 18.5 Å². The van der Waals surface area contributed by atoms with E-state index in [0.717, 1.165) is 0 Å². The minimum Gasteiger partial charge on any atom is -0.270 e. The van der Waals surface area contributed by atoms with Crippen molar-refractivity contribution >= 4 is 0 Å². The SMILES string of the molecule is CC(C)n1cccn1.CCCCCCC. The van der Waals surface area contributed by atoms with Crippen LogP contribution in [-0.2, 0) is 0 Å². The molecule has 0 amide bonds. The molecule has 2 nitrogen and oxygen atoms in total. The topological polar surface area (TPSA) is 17.8 Å². The molecule has 0 unspecified atom stereocenters. The van der Waals surface area contributed by atoms with Gasteiger partial charge in [-0.3, -0.25) is 4.68 Å². The van der Waals surface area contributed by atoms with Crippen molar-refractivity contribution in [1.82, 2.24) is 9.78 Å². The van der Waals surface area contributed by atoms with Crippen molar-refractivity contribution in [3.8, 4) is 0 Å². The van der Waals surface area contributed by atoms with E-state index in [-0.39, 0.29) is 0 Å². The number of hydrogen-bond donors (Lipinski definition) is 0. The van der Waals surface area contributed by atoms with Gasteiger partial charge in [-0.2, -0.15) is 5.10 Å². The van der Waals surface area contributed by atoms with Gasteiger partial charge in [-0.05, 0) is 19.9 Å². The summed E-state index contributed by atoms with van der Waals surface area (Å²) < 4.78 is 1.92. The smallest absolute Gasteiger partial charge is 0.0489 e. The molecule has 0 N–H and O–H groups in total. The fraction of sp³-hybridized carbons (Fsp3) is 0.769. The first-order chi connectivity index (χ1) is 7.22. The summed E-state index contributed by atoms with van der Waals surface area (Å²) in [7, 11) is 0. The van der Waals surface area contributed by atoms with Crippen molar-refractivity contribution in [2.75, 3.05) is 0 Å². The van der Waals surface area contributed by atoms with Crippen molar-refractivity contribution in [1.29, 1.82) is 0 Å². The molecule has 1 aromatic heterocycles. The Morgan fingerprint density at radius 1 is 1.07 bits per heavy atom. The maximum absolute atomic E-state index is 4.03. The van der Waals surface area contributed by atoms with Crippen molar-refractivity contribution in [2.24, 2.45) is 0 Å². The summed E-state index contributed by atoms with van der Waals surface area (Å²) >= 11 is 0. The number of rotatable bonds is 5. The van der Waals surface area contributed by atoms with Crippen molar-refractivity contribution < 1.29 is 0 Å². The summed E-state index contributed by atoms with van der Waals surface area (Å²) in [6.07, 6.45) is 10.8. The van der Waals surface area contributed by atoms with E-state index >= 15 is 0 Å². The Hall–Kier alpha value is -0.790. The summed E-state index contributed by atoms with van der Waals surface area (Å²) in [5.74, 6) is 0. The van der Waals surface area contributed by atoms with E-state index in [1.807, 2.05) is 16.9 Å². The molecule has 0 bridgehead atoms. The van der Waals surface area contributed by atoms with Crippen LogP contribution in [0.1, 0.15) is 65.8 Å². The molecule has 0 saturated carbocycles. The van der Waals surface area contributed by atoms with Crippen molar-refractivity contribution in [3.05, 3.63) is 18.5 Å². The van der Waals surface area contributed by atoms with E-state index in [4.69, 9.17) is 0 Å². The maximum atomic E-state index is 4.03. The predicted octanol–water partition coefficient (Wildman–Crippen LogP) is 4.44. The van der Waals surface area contributed by atoms with Crippen molar-refractivity contribution in [2.45, 2.75) is 65.8 Å². The summed E-state index contributed by atoms with van der Waals surface area (Å²) in [5.41, 5.74) is 0. The summed E-state index contributed by atoms with van der Waals surface area (Å²) in [6.45, 7) is 8.70. The average Bonchev–Trinajstić information content (AvgIpc) is 2.72. The Morgan fingerprint density at radius 2 is 1.67 bits per heavy atom. The number of unbranched alkanes of at least 4 members (excludes halogenated alkanes) is 4. The first kappa shape index (κ1) is 14.2. The first-order valence-corrected chi connectivity index (χ1v) is 6.21. The van der Waals surface area contributed by atoms with Crippen LogP contribution in [0.4, 0.5) is 0 Å². The Labute approximate surface area is 94.7 Å². The second-order valence-electron chi connectivity index (χ2n) is 4.14. The first-order valence-electron chi connectivity index (χ1n) is 6.21. The molecule has 2 heteroatoms. The van der Waals surface area contributed by atoms with Gasteiger partial charge in [-0.25, -0.2) is 0 Å². The molecule has 0 aromatic carbocycles. The van der Waals surface area contributed by atoms with Crippen LogP contribution < -0.4 is 0 Å². The van der Waals surface area contributed by atoms with Crippen LogP contribution in [0.5, 0.6) is 0 Å². The third kappa shape index (κ3) is 8.22. The second-order valence-corrected chi connectivity index (χ2v) is 4.14. The van der Waals surface area contributed by atoms with Gasteiger partial charge < -0.3 is 0 Å². The van der Waals surface area contributed by atoms with Crippen LogP contribution in [0.3, 0.4) is 0 Å². The lowest BCUT2D eigenvalue weighted by molar-refractivity contribution is 0.532. The molecule has 0 aliphatic carbocycles.